The summed E-state index contributed by atoms with van der Waals surface area (Å²) in [6, 6.07) is 7.99. The van der Waals surface area contributed by atoms with Crippen molar-refractivity contribution in [3.05, 3.63) is 46.6 Å². The molecule has 0 unspecified atom stereocenters. The number of nitrogens with zero attached hydrogens (tertiary/aromatic N) is 1. The minimum atomic E-state index is -3.67. The molecule has 0 aliphatic heterocycles. The van der Waals surface area contributed by atoms with Crippen molar-refractivity contribution in [3.8, 4) is 5.88 Å². The van der Waals surface area contributed by atoms with Gasteiger partial charge in [0, 0.05) is 29.0 Å². The van der Waals surface area contributed by atoms with Gasteiger partial charge in [0.2, 0.25) is 15.9 Å². The molecule has 1 aromatic carbocycles. The molecule has 0 atom stereocenters. The van der Waals surface area contributed by atoms with Crippen molar-refractivity contribution in [2.45, 2.75) is 11.4 Å². The van der Waals surface area contributed by atoms with Crippen molar-refractivity contribution in [1.82, 2.24) is 9.71 Å². The molecular weight excluding hydrogens is 358 g/mol. The topological polar surface area (TPSA) is 94.3 Å². The van der Waals surface area contributed by atoms with Crippen LogP contribution in [0.25, 0.3) is 0 Å². The van der Waals surface area contributed by atoms with Gasteiger partial charge in [-0.25, -0.2) is 18.1 Å². The van der Waals surface area contributed by atoms with Crippen LogP contribution < -0.4 is 15.2 Å². The molecule has 0 radical (unpaired) electrons. The molecule has 0 spiro atoms. The number of benzene rings is 1. The summed E-state index contributed by atoms with van der Waals surface area (Å²) in [5.74, 6) is 0.428. The highest BCUT2D eigenvalue weighted by atomic mass is 79.9. The number of rotatable bonds is 5. The molecule has 0 aliphatic carbocycles. The maximum absolute atomic E-state index is 12.3. The van der Waals surface area contributed by atoms with Crippen LogP contribution >= 0.6 is 15.9 Å². The normalized spacial score (nSPS) is 11.3. The fourth-order valence-corrected chi connectivity index (χ4v) is 3.67. The Balaban J connectivity index is 2.19. The highest BCUT2D eigenvalue weighted by Gasteiger charge is 2.17. The Morgan fingerprint density at radius 1 is 1.33 bits per heavy atom. The quantitative estimate of drug-likeness (QED) is 0.782. The van der Waals surface area contributed by atoms with E-state index in [2.05, 4.69) is 25.6 Å². The lowest BCUT2D eigenvalue weighted by molar-refractivity contribution is 0.397. The summed E-state index contributed by atoms with van der Waals surface area (Å²) < 4.78 is 32.5. The van der Waals surface area contributed by atoms with E-state index < -0.39 is 10.0 Å². The van der Waals surface area contributed by atoms with E-state index in [-0.39, 0.29) is 11.4 Å². The third kappa shape index (κ3) is 3.93. The number of aromatic nitrogens is 1. The zero-order valence-corrected chi connectivity index (χ0v) is 13.6. The van der Waals surface area contributed by atoms with Gasteiger partial charge in [0.25, 0.3) is 0 Å². The molecule has 2 rings (SSSR count). The standard InChI is InChI=1S/C13H14BrN3O3S/c1-20-13-6-9(4-5-16-13)8-17-21(18,19)12-7-10(15)2-3-11(12)14/h2-7,17H,8,15H2,1H3. The fraction of sp³-hybridized carbons (Fsp3) is 0.154. The third-order valence-electron chi connectivity index (χ3n) is 2.72. The van der Waals surface area contributed by atoms with E-state index in [0.717, 1.165) is 5.56 Å². The van der Waals surface area contributed by atoms with Crippen molar-refractivity contribution in [1.29, 1.82) is 0 Å². The van der Waals surface area contributed by atoms with Crippen LogP contribution in [0.1, 0.15) is 5.56 Å². The number of hydrogen-bond acceptors (Lipinski definition) is 5. The predicted molar refractivity (Wildman–Crippen MR) is 83.4 cm³/mol. The van der Waals surface area contributed by atoms with Crippen LogP contribution in [0.2, 0.25) is 0 Å². The molecule has 1 heterocycles. The molecule has 3 N–H and O–H groups in total. The molecule has 6 nitrogen and oxygen atoms in total. The van der Waals surface area contributed by atoms with Gasteiger partial charge < -0.3 is 10.5 Å². The second kappa shape index (κ2) is 6.42. The number of sulfonamides is 1. The summed E-state index contributed by atoms with van der Waals surface area (Å²) in [5, 5.41) is 0. The van der Waals surface area contributed by atoms with Crippen LogP contribution in [-0.2, 0) is 16.6 Å². The maximum Gasteiger partial charge on any atom is 0.242 e. The van der Waals surface area contributed by atoms with Crippen LogP contribution in [-0.4, -0.2) is 20.5 Å². The third-order valence-corrected chi connectivity index (χ3v) is 5.11. The lowest BCUT2D eigenvalue weighted by atomic mass is 10.3. The number of halogens is 1. The number of pyridine rings is 1. The average molecular weight is 372 g/mol. The summed E-state index contributed by atoms with van der Waals surface area (Å²) in [4.78, 5) is 4.06. The molecule has 0 saturated carbocycles. The van der Waals surface area contributed by atoms with Crippen LogP contribution in [0.4, 0.5) is 5.69 Å². The molecule has 0 fully saturated rings. The molecule has 0 saturated heterocycles. The van der Waals surface area contributed by atoms with Crippen molar-refractivity contribution in [2.75, 3.05) is 12.8 Å². The number of nitrogens with one attached hydrogen (secondary N) is 1. The van der Waals surface area contributed by atoms with Gasteiger partial charge in [-0.1, -0.05) is 0 Å². The first-order chi connectivity index (χ1) is 9.92. The molecule has 112 valence electrons. The number of methoxy groups -OCH3 is 1. The second-order valence-corrected chi connectivity index (χ2v) is 6.81. The number of ether oxygens (including phenoxy) is 1. The Kier molecular flexibility index (Phi) is 4.81. The van der Waals surface area contributed by atoms with Gasteiger partial charge in [0.15, 0.2) is 0 Å². The number of anilines is 1. The molecular formula is C13H14BrN3O3S. The van der Waals surface area contributed by atoms with Gasteiger partial charge >= 0.3 is 0 Å². The van der Waals surface area contributed by atoms with E-state index in [1.807, 2.05) is 0 Å². The maximum atomic E-state index is 12.3. The van der Waals surface area contributed by atoms with Crippen LogP contribution in [0, 0.1) is 0 Å². The lowest BCUT2D eigenvalue weighted by Crippen LogP contribution is -2.23. The summed E-state index contributed by atoms with van der Waals surface area (Å²) in [6.07, 6.45) is 1.55. The molecule has 0 bridgehead atoms. The van der Waals surface area contributed by atoms with Crippen LogP contribution in [0.15, 0.2) is 45.9 Å². The Bertz CT molecular complexity index is 750. The molecule has 8 heteroatoms. The first-order valence-electron chi connectivity index (χ1n) is 5.96. The number of nitrogens with two attached hydrogens (primary N) is 1. The Morgan fingerprint density at radius 2 is 2.10 bits per heavy atom. The van der Waals surface area contributed by atoms with Crippen LogP contribution in [0.5, 0.6) is 5.88 Å². The van der Waals surface area contributed by atoms with Gasteiger partial charge in [-0.2, -0.15) is 0 Å². The van der Waals surface area contributed by atoms with Gasteiger partial charge in [-0.3, -0.25) is 0 Å². The van der Waals surface area contributed by atoms with E-state index in [0.29, 0.717) is 16.0 Å². The van der Waals surface area contributed by atoms with Gasteiger partial charge in [0.05, 0.1) is 12.0 Å². The van der Waals surface area contributed by atoms with E-state index in [1.54, 1.807) is 30.5 Å². The largest absolute Gasteiger partial charge is 0.481 e. The molecule has 0 amide bonds. The first kappa shape index (κ1) is 15.7. The van der Waals surface area contributed by atoms with E-state index in [1.165, 1.54) is 13.2 Å². The first-order valence-corrected chi connectivity index (χ1v) is 8.23. The average Bonchev–Trinajstić information content (AvgIpc) is 2.48. The van der Waals surface area contributed by atoms with Gasteiger partial charge in [-0.05, 0) is 45.8 Å². The Morgan fingerprint density at radius 3 is 2.81 bits per heavy atom. The minimum absolute atomic E-state index is 0.100. The van der Waals surface area contributed by atoms with E-state index >= 15 is 0 Å². The highest BCUT2D eigenvalue weighted by molar-refractivity contribution is 9.10. The summed E-state index contributed by atoms with van der Waals surface area (Å²) in [7, 11) is -2.17. The minimum Gasteiger partial charge on any atom is -0.481 e. The van der Waals surface area contributed by atoms with Crippen LogP contribution in [0.3, 0.4) is 0 Å². The van der Waals surface area contributed by atoms with Gasteiger partial charge in [-0.15, -0.1) is 0 Å². The van der Waals surface area contributed by atoms with Crippen molar-refractivity contribution >= 4 is 31.6 Å². The zero-order chi connectivity index (χ0) is 15.5. The number of hydrogen-bond donors (Lipinski definition) is 2. The lowest BCUT2D eigenvalue weighted by Gasteiger charge is -2.09. The highest BCUT2D eigenvalue weighted by Crippen LogP contribution is 2.24. The second-order valence-electron chi connectivity index (χ2n) is 4.22. The molecule has 2 aromatic rings. The van der Waals surface area contributed by atoms with Crippen molar-refractivity contribution in [2.24, 2.45) is 0 Å². The molecule has 1 aromatic heterocycles. The number of nitrogen functional groups attached to an aromatic ring is 1. The summed E-state index contributed by atoms with van der Waals surface area (Å²) in [6.45, 7) is 0.127. The van der Waals surface area contributed by atoms with Crippen molar-refractivity contribution < 1.29 is 13.2 Å². The fourth-order valence-electron chi connectivity index (χ4n) is 1.65. The monoisotopic (exact) mass is 371 g/mol. The Hall–Kier alpha value is -1.64. The van der Waals surface area contributed by atoms with Gasteiger partial charge in [0.1, 0.15) is 0 Å². The zero-order valence-electron chi connectivity index (χ0n) is 11.2. The molecule has 21 heavy (non-hydrogen) atoms. The molecule has 0 aliphatic rings. The van der Waals surface area contributed by atoms with E-state index in [9.17, 15) is 8.42 Å². The van der Waals surface area contributed by atoms with E-state index in [4.69, 9.17) is 10.5 Å². The smallest absolute Gasteiger partial charge is 0.242 e. The predicted octanol–water partition coefficient (Wildman–Crippen LogP) is 1.91. The SMILES string of the molecule is COc1cc(CNS(=O)(=O)c2cc(N)ccc2Br)ccn1. The summed E-state index contributed by atoms with van der Waals surface area (Å²) in [5.41, 5.74) is 6.75. The van der Waals surface area contributed by atoms with Crippen molar-refractivity contribution in [3.63, 3.8) is 0 Å². The Labute approximate surface area is 131 Å². The summed E-state index contributed by atoms with van der Waals surface area (Å²) >= 11 is 3.21.